The predicted octanol–water partition coefficient (Wildman–Crippen LogP) is 5.07. The first-order valence-corrected chi connectivity index (χ1v) is 9.84. The zero-order chi connectivity index (χ0) is 19.5. The van der Waals surface area contributed by atoms with E-state index in [-0.39, 0.29) is 5.56 Å². The van der Waals surface area contributed by atoms with Crippen LogP contribution in [0, 0.1) is 0 Å². The number of hydrogen-bond acceptors (Lipinski definition) is 3. The number of fused-ring (bicyclic) bond motifs is 1. The van der Waals surface area contributed by atoms with Gasteiger partial charge in [-0.1, -0.05) is 43.5 Å². The molecule has 0 aliphatic carbocycles. The van der Waals surface area contributed by atoms with Gasteiger partial charge < -0.3 is 4.57 Å². The van der Waals surface area contributed by atoms with Crippen molar-refractivity contribution in [3.8, 4) is 22.5 Å². The topological polar surface area (TPSA) is 52.2 Å². The van der Waals surface area contributed by atoms with Crippen LogP contribution in [-0.4, -0.2) is 18.9 Å². The molecule has 0 spiro atoms. The second-order valence-electron chi connectivity index (χ2n) is 6.77. The van der Waals surface area contributed by atoms with E-state index in [0.717, 1.165) is 42.6 Å². The molecular weight excluding hydrogens is 372 g/mol. The Labute approximate surface area is 168 Å². The van der Waals surface area contributed by atoms with Gasteiger partial charge in [0.2, 0.25) is 5.78 Å². The number of hydrogen-bond donors (Lipinski definition) is 0. The van der Waals surface area contributed by atoms with Gasteiger partial charge in [0, 0.05) is 47.4 Å². The van der Waals surface area contributed by atoms with Gasteiger partial charge in [-0.05, 0) is 30.7 Å². The largest absolute Gasteiger partial charge is 0.310 e. The molecule has 4 aromatic rings. The van der Waals surface area contributed by atoms with Crippen molar-refractivity contribution in [1.29, 1.82) is 0 Å². The standard InChI is InChI=1S/C22H21ClN4O/c1-2-3-4-13-26-20(17-9-11-24-12-10-17)15-27-21(28)14-19(25-22(26)27)16-5-7-18(23)8-6-16/h5-12,14-15H,2-4,13H2,1H3. The fourth-order valence-corrected chi connectivity index (χ4v) is 3.48. The highest BCUT2D eigenvalue weighted by molar-refractivity contribution is 6.30. The quantitative estimate of drug-likeness (QED) is 0.430. The lowest BCUT2D eigenvalue weighted by Crippen LogP contribution is -2.14. The van der Waals surface area contributed by atoms with Crippen LogP contribution in [0.3, 0.4) is 0 Å². The molecule has 3 heterocycles. The van der Waals surface area contributed by atoms with E-state index >= 15 is 0 Å². The molecule has 0 aliphatic heterocycles. The number of nitrogens with zero attached hydrogens (tertiary/aromatic N) is 4. The van der Waals surface area contributed by atoms with E-state index in [4.69, 9.17) is 16.6 Å². The number of pyridine rings is 1. The van der Waals surface area contributed by atoms with Crippen molar-refractivity contribution < 1.29 is 0 Å². The Bertz CT molecular complexity index is 1150. The molecule has 0 unspecified atom stereocenters. The third-order valence-corrected chi connectivity index (χ3v) is 5.07. The van der Waals surface area contributed by atoms with Gasteiger partial charge in [-0.2, -0.15) is 0 Å². The van der Waals surface area contributed by atoms with Gasteiger partial charge in [0.05, 0.1) is 11.4 Å². The Balaban J connectivity index is 1.90. The van der Waals surface area contributed by atoms with Crippen LogP contribution < -0.4 is 5.56 Å². The van der Waals surface area contributed by atoms with Crippen LogP contribution in [0.1, 0.15) is 26.2 Å². The highest BCUT2D eigenvalue weighted by Crippen LogP contribution is 2.24. The van der Waals surface area contributed by atoms with Crippen LogP contribution in [0.25, 0.3) is 28.3 Å². The predicted molar refractivity (Wildman–Crippen MR) is 113 cm³/mol. The van der Waals surface area contributed by atoms with Crippen LogP contribution in [0.15, 0.2) is 65.8 Å². The molecule has 0 aliphatic rings. The molecule has 0 radical (unpaired) electrons. The van der Waals surface area contributed by atoms with E-state index in [1.165, 1.54) is 0 Å². The number of benzene rings is 1. The van der Waals surface area contributed by atoms with Gasteiger partial charge in [-0.25, -0.2) is 4.98 Å². The average molecular weight is 393 g/mol. The highest BCUT2D eigenvalue weighted by atomic mass is 35.5. The lowest BCUT2D eigenvalue weighted by atomic mass is 10.1. The summed E-state index contributed by atoms with van der Waals surface area (Å²) in [6, 6.07) is 12.9. The van der Waals surface area contributed by atoms with Gasteiger partial charge >= 0.3 is 0 Å². The van der Waals surface area contributed by atoms with E-state index in [0.29, 0.717) is 16.5 Å². The van der Waals surface area contributed by atoms with E-state index in [1.807, 2.05) is 42.6 Å². The summed E-state index contributed by atoms with van der Waals surface area (Å²) in [5, 5.41) is 0.657. The fourth-order valence-electron chi connectivity index (χ4n) is 3.35. The molecule has 0 fully saturated rings. The first-order valence-electron chi connectivity index (χ1n) is 9.46. The number of halogens is 1. The Morgan fingerprint density at radius 3 is 2.46 bits per heavy atom. The second-order valence-corrected chi connectivity index (χ2v) is 7.20. The number of imidazole rings is 1. The summed E-state index contributed by atoms with van der Waals surface area (Å²) in [7, 11) is 0. The third kappa shape index (κ3) is 3.58. The van der Waals surface area contributed by atoms with Crippen LogP contribution in [-0.2, 0) is 6.54 Å². The van der Waals surface area contributed by atoms with Crippen LogP contribution in [0.5, 0.6) is 0 Å². The van der Waals surface area contributed by atoms with E-state index in [2.05, 4.69) is 16.5 Å². The summed E-state index contributed by atoms with van der Waals surface area (Å²) in [4.78, 5) is 21.8. The van der Waals surface area contributed by atoms with E-state index < -0.39 is 0 Å². The molecule has 4 rings (SSSR count). The summed E-state index contributed by atoms with van der Waals surface area (Å²) in [5.41, 5.74) is 3.41. The maximum atomic E-state index is 12.8. The zero-order valence-electron chi connectivity index (χ0n) is 15.7. The van der Waals surface area contributed by atoms with Crippen LogP contribution in [0.2, 0.25) is 5.02 Å². The normalized spacial score (nSPS) is 11.2. The van der Waals surface area contributed by atoms with Crippen molar-refractivity contribution in [2.24, 2.45) is 0 Å². The molecule has 3 aromatic heterocycles. The molecule has 0 amide bonds. The Morgan fingerprint density at radius 2 is 1.75 bits per heavy atom. The number of rotatable bonds is 6. The van der Waals surface area contributed by atoms with Crippen molar-refractivity contribution >= 4 is 17.4 Å². The molecule has 28 heavy (non-hydrogen) atoms. The lowest BCUT2D eigenvalue weighted by molar-refractivity contribution is 0.614. The van der Waals surface area contributed by atoms with Crippen molar-refractivity contribution in [3.63, 3.8) is 0 Å². The average Bonchev–Trinajstić information content (AvgIpc) is 3.09. The monoisotopic (exact) mass is 392 g/mol. The molecule has 0 saturated heterocycles. The maximum absolute atomic E-state index is 12.8. The molecule has 0 N–H and O–H groups in total. The zero-order valence-corrected chi connectivity index (χ0v) is 16.4. The van der Waals surface area contributed by atoms with E-state index in [1.54, 1.807) is 22.9 Å². The molecule has 0 atom stereocenters. The molecule has 0 bridgehead atoms. The Morgan fingerprint density at radius 1 is 1.00 bits per heavy atom. The Hall–Kier alpha value is -2.92. The van der Waals surface area contributed by atoms with Crippen molar-refractivity contribution in [2.45, 2.75) is 32.7 Å². The molecule has 5 nitrogen and oxygen atoms in total. The van der Waals surface area contributed by atoms with Crippen molar-refractivity contribution in [2.75, 3.05) is 0 Å². The smallest absolute Gasteiger partial charge is 0.259 e. The molecule has 1 aromatic carbocycles. The molecule has 142 valence electrons. The molecule has 0 saturated carbocycles. The van der Waals surface area contributed by atoms with Crippen LogP contribution >= 0.6 is 11.6 Å². The first-order chi connectivity index (χ1) is 13.7. The van der Waals surface area contributed by atoms with Crippen LogP contribution in [0.4, 0.5) is 0 Å². The summed E-state index contributed by atoms with van der Waals surface area (Å²) >= 11 is 6.00. The van der Waals surface area contributed by atoms with Gasteiger partial charge in [0.25, 0.3) is 5.56 Å². The van der Waals surface area contributed by atoms with Crippen molar-refractivity contribution in [1.82, 2.24) is 18.9 Å². The second kappa shape index (κ2) is 7.98. The number of aryl methyl sites for hydroxylation is 1. The number of aromatic nitrogens is 4. The summed E-state index contributed by atoms with van der Waals surface area (Å²) in [6.07, 6.45) is 8.68. The minimum Gasteiger partial charge on any atom is -0.310 e. The minimum atomic E-state index is -0.0977. The summed E-state index contributed by atoms with van der Waals surface area (Å²) < 4.78 is 3.76. The first kappa shape index (κ1) is 18.4. The fraction of sp³-hybridized carbons (Fsp3) is 0.227. The Kier molecular flexibility index (Phi) is 5.26. The lowest BCUT2D eigenvalue weighted by Gasteiger charge is -2.10. The van der Waals surface area contributed by atoms with Crippen molar-refractivity contribution in [3.05, 3.63) is 76.4 Å². The van der Waals surface area contributed by atoms with E-state index in [9.17, 15) is 4.79 Å². The summed E-state index contributed by atoms with van der Waals surface area (Å²) in [6.45, 7) is 2.98. The highest BCUT2D eigenvalue weighted by Gasteiger charge is 2.15. The molecule has 6 heteroatoms. The SMILES string of the molecule is CCCCCn1c(-c2ccncc2)cn2c(=O)cc(-c3ccc(Cl)cc3)nc12. The summed E-state index contributed by atoms with van der Waals surface area (Å²) in [5.74, 6) is 0.653. The van der Waals surface area contributed by atoms with Gasteiger partial charge in [-0.15, -0.1) is 0 Å². The van der Waals surface area contributed by atoms with Gasteiger partial charge in [0.15, 0.2) is 0 Å². The van der Waals surface area contributed by atoms with Gasteiger partial charge in [0.1, 0.15) is 0 Å². The minimum absolute atomic E-state index is 0.0977. The molecular formula is C22H21ClN4O. The maximum Gasteiger partial charge on any atom is 0.259 e. The number of unbranched alkanes of at least 4 members (excludes halogenated alkanes) is 2. The van der Waals surface area contributed by atoms with Gasteiger partial charge in [-0.3, -0.25) is 14.2 Å². The third-order valence-electron chi connectivity index (χ3n) is 4.82.